The third-order valence-electron chi connectivity index (χ3n) is 6.18. The van der Waals surface area contributed by atoms with E-state index in [0.717, 1.165) is 28.8 Å². The van der Waals surface area contributed by atoms with Gasteiger partial charge in [-0.05, 0) is 82.5 Å². The topological polar surface area (TPSA) is 145 Å². The Morgan fingerprint density at radius 1 is 1.00 bits per heavy atom. The normalized spacial score (nSPS) is 11.5. The van der Waals surface area contributed by atoms with E-state index in [0.29, 0.717) is 16.9 Å². The molecule has 0 unspecified atom stereocenters. The summed E-state index contributed by atoms with van der Waals surface area (Å²) in [6.07, 6.45) is 0. The van der Waals surface area contributed by atoms with E-state index in [1.807, 2.05) is 57.2 Å². The molecule has 0 aliphatic carbocycles. The van der Waals surface area contributed by atoms with Crippen molar-refractivity contribution >= 4 is 27.3 Å². The largest absolute Gasteiger partial charge is 0.437 e. The average Bonchev–Trinajstić information content (AvgIpc) is 3.20. The second-order valence-electron chi connectivity index (χ2n) is 10.1. The summed E-state index contributed by atoms with van der Waals surface area (Å²) >= 11 is 0. The van der Waals surface area contributed by atoms with E-state index in [4.69, 9.17) is 4.74 Å². The summed E-state index contributed by atoms with van der Waals surface area (Å²) < 4.78 is 36.5. The molecule has 2 N–H and O–H groups in total. The molecule has 41 heavy (non-hydrogen) atoms. The van der Waals surface area contributed by atoms with Crippen LogP contribution in [0.5, 0.6) is 11.6 Å². The van der Waals surface area contributed by atoms with Crippen LogP contribution in [-0.4, -0.2) is 35.1 Å². The van der Waals surface area contributed by atoms with Crippen molar-refractivity contribution in [2.24, 2.45) is 0 Å². The molecular formula is C29H31N5O6S. The molecule has 0 atom stereocenters. The van der Waals surface area contributed by atoms with Crippen molar-refractivity contribution in [2.45, 2.75) is 52.5 Å². The number of nitrogens with one attached hydrogen (secondary N) is 2. The molecule has 0 saturated carbocycles. The Labute approximate surface area is 238 Å². The highest BCUT2D eigenvalue weighted by atomic mass is 32.2. The van der Waals surface area contributed by atoms with Gasteiger partial charge in [-0.15, -0.1) is 0 Å². The van der Waals surface area contributed by atoms with Gasteiger partial charge in [0.25, 0.3) is 11.6 Å². The molecule has 1 amide bonds. The highest BCUT2D eigenvalue weighted by Crippen LogP contribution is 2.36. The predicted molar refractivity (Wildman–Crippen MR) is 156 cm³/mol. The van der Waals surface area contributed by atoms with Gasteiger partial charge in [-0.3, -0.25) is 14.9 Å². The molecule has 1 heterocycles. The van der Waals surface area contributed by atoms with E-state index in [1.54, 1.807) is 26.8 Å². The molecule has 4 rings (SSSR count). The number of sulfonamides is 1. The lowest BCUT2D eigenvalue weighted by molar-refractivity contribution is -0.385. The van der Waals surface area contributed by atoms with E-state index < -0.39 is 37.5 Å². The van der Waals surface area contributed by atoms with Crippen LogP contribution in [0.4, 0.5) is 11.4 Å². The lowest BCUT2D eigenvalue weighted by Crippen LogP contribution is -2.30. The van der Waals surface area contributed by atoms with Crippen molar-refractivity contribution in [3.05, 3.63) is 98.7 Å². The zero-order chi connectivity index (χ0) is 30.1. The van der Waals surface area contributed by atoms with Gasteiger partial charge in [0, 0.05) is 29.4 Å². The maximum Gasteiger partial charge on any atom is 0.276 e. The first-order valence-corrected chi connectivity index (χ1v) is 14.3. The summed E-state index contributed by atoms with van der Waals surface area (Å²) in [5, 5.41) is 18.9. The maximum atomic E-state index is 13.4. The van der Waals surface area contributed by atoms with Crippen LogP contribution in [0.1, 0.15) is 46.6 Å². The molecule has 0 spiro atoms. The second-order valence-corrected chi connectivity index (χ2v) is 11.8. The highest BCUT2D eigenvalue weighted by Gasteiger charge is 2.28. The lowest BCUT2D eigenvalue weighted by Gasteiger charge is -2.16. The number of nitro benzene ring substituents is 1. The minimum atomic E-state index is -4.21. The average molecular weight is 578 g/mol. The summed E-state index contributed by atoms with van der Waals surface area (Å²) in [6, 6.07) is 15.8. The van der Waals surface area contributed by atoms with Crippen molar-refractivity contribution in [3.63, 3.8) is 0 Å². The molecule has 0 aliphatic heterocycles. The van der Waals surface area contributed by atoms with Crippen molar-refractivity contribution in [1.29, 1.82) is 0 Å². The van der Waals surface area contributed by atoms with Crippen LogP contribution in [0, 0.1) is 37.8 Å². The Bertz CT molecular complexity index is 1760. The summed E-state index contributed by atoms with van der Waals surface area (Å²) in [5.74, 6) is -0.563. The van der Waals surface area contributed by atoms with Gasteiger partial charge in [0.15, 0.2) is 5.69 Å². The number of carbonyl (C=O) groups excluding carboxylic acids is 1. The SMILES string of the molecule is Cc1cccc(NC(=O)c2nn(-c3cc(C)ccc3C)c(Oc3ccc([N+](=O)[O-])cc3S(=O)(=O)NC(C)C)c2C)c1. The first-order valence-electron chi connectivity index (χ1n) is 12.8. The number of non-ortho nitro benzene ring substituents is 1. The molecule has 3 aromatic carbocycles. The van der Waals surface area contributed by atoms with Gasteiger partial charge in [0.1, 0.15) is 10.6 Å². The molecule has 0 bridgehead atoms. The van der Waals surface area contributed by atoms with Gasteiger partial charge in [-0.2, -0.15) is 9.78 Å². The molecule has 12 heteroatoms. The number of aromatic nitrogens is 2. The lowest BCUT2D eigenvalue weighted by atomic mass is 10.1. The fraction of sp³-hybridized carbons (Fsp3) is 0.241. The highest BCUT2D eigenvalue weighted by molar-refractivity contribution is 7.89. The predicted octanol–water partition coefficient (Wildman–Crippen LogP) is 5.75. The van der Waals surface area contributed by atoms with Crippen LogP contribution in [0.2, 0.25) is 0 Å². The van der Waals surface area contributed by atoms with Gasteiger partial charge < -0.3 is 10.1 Å². The van der Waals surface area contributed by atoms with Crippen LogP contribution in [-0.2, 0) is 10.0 Å². The number of hydrogen-bond acceptors (Lipinski definition) is 7. The van der Waals surface area contributed by atoms with Crippen LogP contribution in [0.3, 0.4) is 0 Å². The summed E-state index contributed by atoms with van der Waals surface area (Å²) in [6.45, 7) is 10.6. The van der Waals surface area contributed by atoms with E-state index in [9.17, 15) is 23.3 Å². The van der Waals surface area contributed by atoms with E-state index >= 15 is 0 Å². The number of aryl methyl sites for hydroxylation is 3. The van der Waals surface area contributed by atoms with Gasteiger partial charge in [-0.25, -0.2) is 13.1 Å². The fourth-order valence-electron chi connectivity index (χ4n) is 4.22. The van der Waals surface area contributed by atoms with Gasteiger partial charge >= 0.3 is 0 Å². The zero-order valence-corrected chi connectivity index (χ0v) is 24.4. The van der Waals surface area contributed by atoms with Crippen LogP contribution >= 0.6 is 0 Å². The molecule has 0 fully saturated rings. The quantitative estimate of drug-likeness (QED) is 0.190. The molecular weight excluding hydrogens is 546 g/mol. The first kappa shape index (κ1) is 29.4. The number of carbonyl (C=O) groups is 1. The molecule has 0 aliphatic rings. The van der Waals surface area contributed by atoms with Crippen molar-refractivity contribution in [3.8, 4) is 17.3 Å². The molecule has 214 valence electrons. The Morgan fingerprint density at radius 2 is 1.71 bits per heavy atom. The number of ether oxygens (including phenoxy) is 1. The van der Waals surface area contributed by atoms with Gasteiger partial charge in [0.2, 0.25) is 15.9 Å². The fourth-order valence-corrected chi connectivity index (χ4v) is 5.62. The third-order valence-corrected chi connectivity index (χ3v) is 7.86. The van der Waals surface area contributed by atoms with Gasteiger partial charge in [-0.1, -0.05) is 24.3 Å². The second kappa shape index (κ2) is 11.5. The van der Waals surface area contributed by atoms with E-state index in [1.165, 1.54) is 10.7 Å². The van der Waals surface area contributed by atoms with Gasteiger partial charge in [0.05, 0.1) is 10.6 Å². The Balaban J connectivity index is 1.89. The smallest absolute Gasteiger partial charge is 0.276 e. The number of nitro groups is 1. The maximum absolute atomic E-state index is 13.4. The molecule has 1 aromatic heterocycles. The summed E-state index contributed by atoms with van der Waals surface area (Å²) in [4.78, 5) is 23.8. The number of benzene rings is 3. The Morgan fingerprint density at radius 3 is 2.37 bits per heavy atom. The number of hydrogen-bond donors (Lipinski definition) is 2. The summed E-state index contributed by atoms with van der Waals surface area (Å²) in [7, 11) is -4.21. The van der Waals surface area contributed by atoms with Crippen LogP contribution in [0.25, 0.3) is 5.69 Å². The molecule has 4 aromatic rings. The van der Waals surface area contributed by atoms with Crippen molar-refractivity contribution < 1.29 is 22.9 Å². The number of amides is 1. The van der Waals surface area contributed by atoms with E-state index in [-0.39, 0.29) is 17.3 Å². The Kier molecular flexibility index (Phi) is 8.27. The number of anilines is 1. The van der Waals surface area contributed by atoms with Crippen molar-refractivity contribution in [1.82, 2.24) is 14.5 Å². The molecule has 0 saturated heterocycles. The summed E-state index contributed by atoms with van der Waals surface area (Å²) in [5.41, 5.74) is 3.90. The van der Waals surface area contributed by atoms with Crippen LogP contribution in [0.15, 0.2) is 65.6 Å². The zero-order valence-electron chi connectivity index (χ0n) is 23.6. The van der Waals surface area contributed by atoms with Crippen LogP contribution < -0.4 is 14.8 Å². The molecule has 11 nitrogen and oxygen atoms in total. The first-order chi connectivity index (χ1) is 19.3. The third kappa shape index (κ3) is 6.44. The minimum absolute atomic E-state index is 0.0639. The Hall–Kier alpha value is -4.55. The monoisotopic (exact) mass is 577 g/mol. The van der Waals surface area contributed by atoms with Crippen molar-refractivity contribution in [2.75, 3.05) is 5.32 Å². The molecule has 0 radical (unpaired) electrons. The number of rotatable bonds is 9. The standard InChI is InChI=1S/C29H31N5O6S/c1-17(2)32-41(38,39)26-16-23(34(36)37)12-13-25(26)40-29-21(6)27(28(35)30-22-9-7-8-18(3)14-22)31-33(29)24-15-19(4)10-11-20(24)5/h7-17,32H,1-6H3,(H,30,35). The number of nitrogens with zero attached hydrogens (tertiary/aromatic N) is 3. The minimum Gasteiger partial charge on any atom is -0.437 e. The van der Waals surface area contributed by atoms with E-state index in [2.05, 4.69) is 15.1 Å².